The molecule has 18 heavy (non-hydrogen) atoms. The summed E-state index contributed by atoms with van der Waals surface area (Å²) in [6.07, 6.45) is 0. The van der Waals surface area contributed by atoms with Crippen LogP contribution in [0.3, 0.4) is 0 Å². The third-order valence-corrected chi connectivity index (χ3v) is 3.52. The minimum atomic E-state index is -0.113. The smallest absolute Gasteiger partial charge is 0.104 e. The summed E-state index contributed by atoms with van der Waals surface area (Å²) in [6, 6.07) is 4.24. The van der Waals surface area contributed by atoms with Crippen LogP contribution in [0, 0.1) is 29.1 Å². The van der Waals surface area contributed by atoms with Crippen LogP contribution < -0.4 is 0 Å². The molecule has 3 nitrogen and oxygen atoms in total. The fourth-order valence-electron chi connectivity index (χ4n) is 1.65. The zero-order valence-electron chi connectivity index (χ0n) is 10.8. The Morgan fingerprint density at radius 1 is 1.56 bits per heavy atom. The fraction of sp³-hybridized carbons (Fsp3) is 0.500. The second-order valence-electron chi connectivity index (χ2n) is 4.08. The number of rotatable bonds is 5. The highest BCUT2D eigenvalue weighted by atomic mass is 32.1. The van der Waals surface area contributed by atoms with E-state index in [-0.39, 0.29) is 12.5 Å². The molecule has 0 aliphatic rings. The van der Waals surface area contributed by atoms with E-state index in [0.717, 1.165) is 25.2 Å². The molecule has 0 fully saturated rings. The first-order valence-corrected chi connectivity index (χ1v) is 6.87. The van der Waals surface area contributed by atoms with E-state index < -0.39 is 0 Å². The Morgan fingerprint density at radius 2 is 2.33 bits per heavy atom. The van der Waals surface area contributed by atoms with Gasteiger partial charge in [-0.3, -0.25) is 4.90 Å². The lowest BCUT2D eigenvalue weighted by molar-refractivity contribution is 0.262. The summed E-state index contributed by atoms with van der Waals surface area (Å²) in [5.41, 5.74) is 0.983. The van der Waals surface area contributed by atoms with Gasteiger partial charge in [0.05, 0.1) is 12.0 Å². The molecular formula is C14H18N2OS. The van der Waals surface area contributed by atoms with Gasteiger partial charge >= 0.3 is 0 Å². The Kier molecular flexibility index (Phi) is 6.46. The molecule has 1 atom stereocenters. The average Bonchev–Trinajstić information content (AvgIpc) is 2.82. The van der Waals surface area contributed by atoms with Crippen molar-refractivity contribution in [1.29, 1.82) is 5.26 Å². The first-order valence-electron chi connectivity index (χ1n) is 5.99. The Morgan fingerprint density at radius 3 is 2.94 bits per heavy atom. The summed E-state index contributed by atoms with van der Waals surface area (Å²) >= 11 is 1.67. The molecule has 1 rings (SSSR count). The molecule has 1 aromatic heterocycles. The van der Waals surface area contributed by atoms with Crippen molar-refractivity contribution >= 4 is 11.3 Å². The maximum Gasteiger partial charge on any atom is 0.104 e. The molecule has 0 saturated carbocycles. The van der Waals surface area contributed by atoms with Crippen LogP contribution in [-0.2, 0) is 6.54 Å². The Hall–Kier alpha value is -1.33. The van der Waals surface area contributed by atoms with E-state index in [9.17, 15) is 0 Å². The van der Waals surface area contributed by atoms with Gasteiger partial charge in [0.25, 0.3) is 0 Å². The molecule has 0 amide bonds. The van der Waals surface area contributed by atoms with Gasteiger partial charge in [-0.1, -0.05) is 18.8 Å². The minimum absolute atomic E-state index is 0.0388. The van der Waals surface area contributed by atoms with Crippen molar-refractivity contribution in [3.8, 4) is 17.9 Å². The summed E-state index contributed by atoms with van der Waals surface area (Å²) in [4.78, 5) is 3.44. The summed E-state index contributed by atoms with van der Waals surface area (Å²) in [6.45, 7) is 6.42. The van der Waals surface area contributed by atoms with Crippen LogP contribution in [0.4, 0.5) is 0 Å². The molecule has 1 heterocycles. The molecule has 0 saturated heterocycles. The van der Waals surface area contributed by atoms with Gasteiger partial charge in [-0.2, -0.15) is 5.26 Å². The van der Waals surface area contributed by atoms with Crippen LogP contribution in [0.25, 0.3) is 0 Å². The normalized spacial score (nSPS) is 11.7. The van der Waals surface area contributed by atoms with E-state index in [1.165, 1.54) is 4.88 Å². The van der Waals surface area contributed by atoms with Crippen molar-refractivity contribution in [2.75, 3.05) is 19.7 Å². The molecule has 0 aliphatic heterocycles. The maximum atomic E-state index is 8.85. The highest BCUT2D eigenvalue weighted by Crippen LogP contribution is 2.18. The predicted molar refractivity (Wildman–Crippen MR) is 74.0 cm³/mol. The average molecular weight is 262 g/mol. The van der Waals surface area contributed by atoms with E-state index in [1.807, 2.05) is 18.4 Å². The Labute approximate surface area is 113 Å². The Bertz CT molecular complexity index is 464. The van der Waals surface area contributed by atoms with Gasteiger partial charge in [0.1, 0.15) is 6.61 Å². The lowest BCUT2D eigenvalue weighted by atomic mass is 10.2. The molecular weight excluding hydrogens is 244 g/mol. The number of aliphatic hydroxyl groups is 1. The molecule has 0 aromatic carbocycles. The summed E-state index contributed by atoms with van der Waals surface area (Å²) < 4.78 is 0. The van der Waals surface area contributed by atoms with Gasteiger partial charge in [-0.05, 0) is 24.9 Å². The molecule has 1 aromatic rings. The number of nitrogens with zero attached hydrogens (tertiary/aromatic N) is 2. The van der Waals surface area contributed by atoms with Crippen LogP contribution >= 0.6 is 11.3 Å². The lowest BCUT2D eigenvalue weighted by Gasteiger charge is -2.20. The van der Waals surface area contributed by atoms with Crippen LogP contribution in [0.1, 0.15) is 24.3 Å². The largest absolute Gasteiger partial charge is 0.384 e. The third-order valence-electron chi connectivity index (χ3n) is 2.61. The van der Waals surface area contributed by atoms with Gasteiger partial charge in [0, 0.05) is 23.5 Å². The van der Waals surface area contributed by atoms with Crippen molar-refractivity contribution < 1.29 is 5.11 Å². The van der Waals surface area contributed by atoms with Gasteiger partial charge in [-0.15, -0.1) is 11.3 Å². The summed E-state index contributed by atoms with van der Waals surface area (Å²) in [7, 11) is 0. The summed E-state index contributed by atoms with van der Waals surface area (Å²) in [5.74, 6) is 5.67. The number of thiophene rings is 1. The van der Waals surface area contributed by atoms with Crippen molar-refractivity contribution in [3.05, 3.63) is 21.9 Å². The van der Waals surface area contributed by atoms with Crippen LogP contribution in [0.15, 0.2) is 11.4 Å². The molecule has 0 spiro atoms. The van der Waals surface area contributed by atoms with Gasteiger partial charge in [0.2, 0.25) is 0 Å². The van der Waals surface area contributed by atoms with E-state index in [2.05, 4.69) is 29.7 Å². The highest BCUT2D eigenvalue weighted by Gasteiger charge is 2.11. The molecule has 96 valence electrons. The number of nitriles is 1. The molecule has 0 aliphatic carbocycles. The van der Waals surface area contributed by atoms with Crippen molar-refractivity contribution in [1.82, 2.24) is 4.90 Å². The van der Waals surface area contributed by atoms with Crippen LogP contribution in [-0.4, -0.2) is 29.7 Å². The molecule has 1 unspecified atom stereocenters. The van der Waals surface area contributed by atoms with Gasteiger partial charge in [-0.25, -0.2) is 0 Å². The van der Waals surface area contributed by atoms with E-state index >= 15 is 0 Å². The van der Waals surface area contributed by atoms with Gasteiger partial charge in [0.15, 0.2) is 0 Å². The maximum absolute atomic E-state index is 8.85. The fourth-order valence-corrected chi connectivity index (χ4v) is 2.52. The monoisotopic (exact) mass is 262 g/mol. The Balaban J connectivity index is 2.70. The quantitative estimate of drug-likeness (QED) is 0.826. The predicted octanol–water partition coefficient (Wildman–Crippen LogP) is 2.07. The molecule has 1 N–H and O–H groups in total. The van der Waals surface area contributed by atoms with E-state index in [4.69, 9.17) is 10.4 Å². The van der Waals surface area contributed by atoms with Crippen LogP contribution in [0.5, 0.6) is 0 Å². The minimum Gasteiger partial charge on any atom is -0.384 e. The van der Waals surface area contributed by atoms with E-state index in [0.29, 0.717) is 0 Å². The number of aliphatic hydroxyl groups excluding tert-OH is 1. The first kappa shape index (κ1) is 14.7. The topological polar surface area (TPSA) is 47.3 Å². The number of hydrogen-bond acceptors (Lipinski definition) is 4. The third kappa shape index (κ3) is 4.50. The second kappa shape index (κ2) is 7.89. The van der Waals surface area contributed by atoms with Crippen LogP contribution in [0.2, 0.25) is 0 Å². The lowest BCUT2D eigenvalue weighted by Crippen LogP contribution is -2.27. The highest BCUT2D eigenvalue weighted by molar-refractivity contribution is 7.10. The zero-order chi connectivity index (χ0) is 13.4. The molecule has 4 heteroatoms. The van der Waals surface area contributed by atoms with Crippen molar-refractivity contribution in [2.45, 2.75) is 20.4 Å². The van der Waals surface area contributed by atoms with Gasteiger partial charge < -0.3 is 5.11 Å². The second-order valence-corrected chi connectivity index (χ2v) is 5.08. The summed E-state index contributed by atoms with van der Waals surface area (Å²) in [5, 5.41) is 19.6. The SMILES string of the molecule is CCN(Cc1sccc1C#CCO)CC(C)C#N. The molecule has 0 bridgehead atoms. The zero-order valence-corrected chi connectivity index (χ0v) is 11.6. The van der Waals surface area contributed by atoms with E-state index in [1.54, 1.807) is 11.3 Å². The first-order chi connectivity index (χ1) is 8.71. The number of hydrogen-bond donors (Lipinski definition) is 1. The standard InChI is InChI=1S/C14H18N2OS/c1-3-16(10-12(2)9-15)11-14-13(5-4-7-17)6-8-18-14/h6,8,12,17H,3,7,10-11H2,1-2H3. The molecule has 0 radical (unpaired) electrons. The van der Waals surface area contributed by atoms with Crippen molar-refractivity contribution in [3.63, 3.8) is 0 Å². The van der Waals surface area contributed by atoms with Crippen molar-refractivity contribution in [2.24, 2.45) is 5.92 Å².